The molecule has 4 nitrogen and oxygen atoms in total. The van der Waals surface area contributed by atoms with E-state index in [0.717, 1.165) is 5.57 Å². The van der Waals surface area contributed by atoms with Crippen LogP contribution in [0.5, 0.6) is 0 Å². The molecule has 86 valence electrons. The molecule has 2 atom stereocenters. The molecule has 0 aromatic rings. The van der Waals surface area contributed by atoms with Gasteiger partial charge in [0.15, 0.2) is 0 Å². The molecule has 1 fully saturated rings. The maximum Gasteiger partial charge on any atom is 0.229 e. The third kappa shape index (κ3) is 3.04. The normalized spacial score (nSPS) is 25.3. The van der Waals surface area contributed by atoms with Crippen molar-refractivity contribution in [3.63, 3.8) is 0 Å². The predicted molar refractivity (Wildman–Crippen MR) is 59.6 cm³/mol. The molecule has 0 aromatic carbocycles. The second-order valence-electron chi connectivity index (χ2n) is 4.19. The van der Waals surface area contributed by atoms with Crippen LogP contribution in [0.25, 0.3) is 0 Å². The van der Waals surface area contributed by atoms with E-state index in [1.165, 1.54) is 0 Å². The zero-order valence-corrected chi connectivity index (χ0v) is 9.75. The van der Waals surface area contributed by atoms with Crippen molar-refractivity contribution < 1.29 is 9.53 Å². The SMILES string of the molecule is C=C(C)CN(C)C(=O)C1COCC1NC. The van der Waals surface area contributed by atoms with Crippen LogP contribution in [0, 0.1) is 5.92 Å². The van der Waals surface area contributed by atoms with Crippen molar-refractivity contribution in [1.29, 1.82) is 0 Å². The van der Waals surface area contributed by atoms with E-state index < -0.39 is 0 Å². The number of nitrogens with one attached hydrogen (secondary N) is 1. The highest BCUT2D eigenvalue weighted by Gasteiger charge is 2.34. The van der Waals surface area contributed by atoms with Crippen LogP contribution in [0.15, 0.2) is 12.2 Å². The summed E-state index contributed by atoms with van der Waals surface area (Å²) >= 11 is 0. The van der Waals surface area contributed by atoms with Gasteiger partial charge in [0.25, 0.3) is 0 Å². The zero-order valence-electron chi connectivity index (χ0n) is 9.75. The molecule has 1 amide bonds. The van der Waals surface area contributed by atoms with Crippen molar-refractivity contribution in [1.82, 2.24) is 10.2 Å². The van der Waals surface area contributed by atoms with Crippen molar-refractivity contribution in [2.75, 3.05) is 33.9 Å². The summed E-state index contributed by atoms with van der Waals surface area (Å²) in [5.41, 5.74) is 0.991. The number of rotatable bonds is 4. The van der Waals surface area contributed by atoms with Crippen molar-refractivity contribution >= 4 is 5.91 Å². The van der Waals surface area contributed by atoms with Gasteiger partial charge in [-0.25, -0.2) is 0 Å². The second-order valence-corrected chi connectivity index (χ2v) is 4.19. The summed E-state index contributed by atoms with van der Waals surface area (Å²) in [6.45, 7) is 7.48. The number of hydrogen-bond donors (Lipinski definition) is 1. The Morgan fingerprint density at radius 3 is 2.80 bits per heavy atom. The lowest BCUT2D eigenvalue weighted by Crippen LogP contribution is -2.43. The Balaban J connectivity index is 2.55. The largest absolute Gasteiger partial charge is 0.379 e. The summed E-state index contributed by atoms with van der Waals surface area (Å²) in [6.07, 6.45) is 0. The Kier molecular flexibility index (Phi) is 4.29. The van der Waals surface area contributed by atoms with E-state index in [-0.39, 0.29) is 17.9 Å². The highest BCUT2D eigenvalue weighted by atomic mass is 16.5. The topological polar surface area (TPSA) is 41.6 Å². The summed E-state index contributed by atoms with van der Waals surface area (Å²) in [6, 6.07) is 0.144. The van der Waals surface area contributed by atoms with Gasteiger partial charge in [-0.05, 0) is 14.0 Å². The molecule has 1 N–H and O–H groups in total. The number of nitrogens with zero attached hydrogens (tertiary/aromatic N) is 1. The van der Waals surface area contributed by atoms with Gasteiger partial charge in [-0.1, -0.05) is 12.2 Å². The lowest BCUT2D eigenvalue weighted by Gasteiger charge is -2.23. The van der Waals surface area contributed by atoms with Gasteiger partial charge in [-0.2, -0.15) is 0 Å². The van der Waals surface area contributed by atoms with E-state index in [0.29, 0.717) is 19.8 Å². The number of carbonyl (C=O) groups is 1. The Labute approximate surface area is 91.3 Å². The maximum absolute atomic E-state index is 12.0. The summed E-state index contributed by atoms with van der Waals surface area (Å²) in [4.78, 5) is 13.7. The molecule has 1 aliphatic heterocycles. The Hall–Kier alpha value is -0.870. The van der Waals surface area contributed by atoms with Crippen LogP contribution in [-0.2, 0) is 9.53 Å². The highest BCUT2D eigenvalue weighted by Crippen LogP contribution is 2.16. The number of carbonyl (C=O) groups excluding carboxylic acids is 1. The quantitative estimate of drug-likeness (QED) is 0.679. The molecule has 2 unspecified atom stereocenters. The fraction of sp³-hybridized carbons (Fsp3) is 0.727. The summed E-state index contributed by atoms with van der Waals surface area (Å²) < 4.78 is 5.30. The molecule has 0 aliphatic carbocycles. The minimum atomic E-state index is -0.0562. The maximum atomic E-state index is 12.0. The van der Waals surface area contributed by atoms with Crippen LogP contribution in [-0.4, -0.2) is 50.7 Å². The van der Waals surface area contributed by atoms with Crippen LogP contribution in [0.1, 0.15) is 6.92 Å². The molecular formula is C11H20N2O2. The first-order valence-electron chi connectivity index (χ1n) is 5.20. The molecule has 4 heteroatoms. The van der Waals surface area contributed by atoms with Gasteiger partial charge < -0.3 is 15.0 Å². The first-order chi connectivity index (χ1) is 7.06. The van der Waals surface area contributed by atoms with Gasteiger partial charge in [0.05, 0.1) is 19.1 Å². The van der Waals surface area contributed by atoms with Crippen molar-refractivity contribution in [3.8, 4) is 0 Å². The van der Waals surface area contributed by atoms with Crippen LogP contribution in [0.3, 0.4) is 0 Å². The predicted octanol–water partition coefficient (Wildman–Crippen LogP) is 0.255. The molecule has 1 saturated heterocycles. The molecule has 0 saturated carbocycles. The Morgan fingerprint density at radius 2 is 2.27 bits per heavy atom. The van der Waals surface area contributed by atoms with E-state index in [1.54, 1.807) is 4.90 Å². The van der Waals surface area contributed by atoms with Crippen molar-refractivity contribution in [2.45, 2.75) is 13.0 Å². The molecule has 0 spiro atoms. The third-order valence-corrected chi connectivity index (χ3v) is 2.65. The van der Waals surface area contributed by atoms with Crippen LogP contribution < -0.4 is 5.32 Å². The first kappa shape index (κ1) is 12.2. The molecule has 1 aliphatic rings. The summed E-state index contributed by atoms with van der Waals surface area (Å²) in [5, 5.41) is 3.11. The lowest BCUT2D eigenvalue weighted by molar-refractivity contribution is -0.134. The van der Waals surface area contributed by atoms with Gasteiger partial charge in [-0.15, -0.1) is 0 Å². The first-order valence-corrected chi connectivity index (χ1v) is 5.20. The van der Waals surface area contributed by atoms with Crippen LogP contribution in [0.2, 0.25) is 0 Å². The van der Waals surface area contributed by atoms with Gasteiger partial charge in [0.2, 0.25) is 5.91 Å². The van der Waals surface area contributed by atoms with Gasteiger partial charge in [0.1, 0.15) is 0 Å². The van der Waals surface area contributed by atoms with Gasteiger partial charge in [0, 0.05) is 19.6 Å². The minimum Gasteiger partial charge on any atom is -0.379 e. The minimum absolute atomic E-state index is 0.0562. The Morgan fingerprint density at radius 1 is 1.60 bits per heavy atom. The molecule has 1 rings (SSSR count). The number of amides is 1. The van der Waals surface area contributed by atoms with Gasteiger partial charge in [-0.3, -0.25) is 4.79 Å². The molecule has 1 heterocycles. The summed E-state index contributed by atoms with van der Waals surface area (Å²) in [5.74, 6) is 0.0780. The van der Waals surface area contributed by atoms with E-state index in [1.807, 2.05) is 21.0 Å². The molecule has 0 aromatic heterocycles. The van der Waals surface area contributed by atoms with E-state index >= 15 is 0 Å². The average molecular weight is 212 g/mol. The van der Waals surface area contributed by atoms with E-state index in [4.69, 9.17) is 4.74 Å². The second kappa shape index (κ2) is 5.28. The van der Waals surface area contributed by atoms with Crippen LogP contribution in [0.4, 0.5) is 0 Å². The van der Waals surface area contributed by atoms with Gasteiger partial charge >= 0.3 is 0 Å². The number of ether oxygens (including phenoxy) is 1. The van der Waals surface area contributed by atoms with Crippen LogP contribution >= 0.6 is 0 Å². The number of likely N-dealkylation sites (N-methyl/N-ethyl adjacent to an activating group) is 2. The lowest BCUT2D eigenvalue weighted by atomic mass is 10.0. The third-order valence-electron chi connectivity index (χ3n) is 2.65. The summed E-state index contributed by atoms with van der Waals surface area (Å²) in [7, 11) is 3.67. The highest BCUT2D eigenvalue weighted by molar-refractivity contribution is 5.80. The van der Waals surface area contributed by atoms with Crippen molar-refractivity contribution in [2.24, 2.45) is 5.92 Å². The van der Waals surface area contributed by atoms with E-state index in [9.17, 15) is 4.79 Å². The monoisotopic (exact) mass is 212 g/mol. The molecule has 0 bridgehead atoms. The number of hydrogen-bond acceptors (Lipinski definition) is 3. The zero-order chi connectivity index (χ0) is 11.4. The standard InChI is InChI=1S/C11H20N2O2/c1-8(2)5-13(4)11(14)9-6-15-7-10(9)12-3/h9-10,12H,1,5-7H2,2-4H3. The molecular weight excluding hydrogens is 192 g/mol. The fourth-order valence-electron chi connectivity index (χ4n) is 1.85. The van der Waals surface area contributed by atoms with E-state index in [2.05, 4.69) is 11.9 Å². The smallest absolute Gasteiger partial charge is 0.229 e. The average Bonchev–Trinajstić information content (AvgIpc) is 2.62. The Bertz CT molecular complexity index is 253. The molecule has 15 heavy (non-hydrogen) atoms. The van der Waals surface area contributed by atoms with Crippen molar-refractivity contribution in [3.05, 3.63) is 12.2 Å². The fourth-order valence-corrected chi connectivity index (χ4v) is 1.85. The molecule has 0 radical (unpaired) electrons.